The van der Waals surface area contributed by atoms with Crippen molar-refractivity contribution in [3.05, 3.63) is 93.6 Å². The predicted octanol–water partition coefficient (Wildman–Crippen LogP) is 4.44. The SMILES string of the molecule is CC(C)(C)NC(=O)c1ccccc1NS(=O)(=O)c1ccc2c(c1)sc(=O)n2Cc1ccccc1. The Labute approximate surface area is 202 Å². The molecule has 0 fully saturated rings. The lowest BCUT2D eigenvalue weighted by Gasteiger charge is -2.21. The Kier molecular flexibility index (Phi) is 6.33. The van der Waals surface area contributed by atoms with E-state index >= 15 is 0 Å². The summed E-state index contributed by atoms with van der Waals surface area (Å²) in [6.45, 7) is 5.95. The highest BCUT2D eigenvalue weighted by Crippen LogP contribution is 2.25. The van der Waals surface area contributed by atoms with E-state index in [-0.39, 0.29) is 26.9 Å². The van der Waals surface area contributed by atoms with Crippen LogP contribution in [0, 0.1) is 0 Å². The van der Waals surface area contributed by atoms with Crippen LogP contribution < -0.4 is 14.9 Å². The van der Waals surface area contributed by atoms with Gasteiger partial charge < -0.3 is 5.32 Å². The number of thiazole rings is 1. The molecule has 176 valence electrons. The lowest BCUT2D eigenvalue weighted by Crippen LogP contribution is -2.40. The average molecular weight is 496 g/mol. The summed E-state index contributed by atoms with van der Waals surface area (Å²) in [6, 6.07) is 20.6. The molecular formula is C25H25N3O4S2. The summed E-state index contributed by atoms with van der Waals surface area (Å²) in [7, 11) is -4.00. The van der Waals surface area contributed by atoms with Crippen molar-refractivity contribution in [1.82, 2.24) is 9.88 Å². The van der Waals surface area contributed by atoms with Crippen LogP contribution in [-0.4, -0.2) is 24.4 Å². The maximum absolute atomic E-state index is 13.2. The van der Waals surface area contributed by atoms with Gasteiger partial charge in [-0.05, 0) is 56.7 Å². The third-order valence-corrected chi connectivity index (χ3v) is 7.34. The van der Waals surface area contributed by atoms with Crippen LogP contribution in [0.3, 0.4) is 0 Å². The number of anilines is 1. The highest BCUT2D eigenvalue weighted by molar-refractivity contribution is 7.92. The van der Waals surface area contributed by atoms with Crippen LogP contribution in [0.25, 0.3) is 10.2 Å². The fourth-order valence-corrected chi connectivity index (χ4v) is 5.62. The van der Waals surface area contributed by atoms with Crippen LogP contribution in [-0.2, 0) is 16.6 Å². The van der Waals surface area contributed by atoms with E-state index in [0.717, 1.165) is 16.9 Å². The fraction of sp³-hybridized carbons (Fsp3) is 0.200. The van der Waals surface area contributed by atoms with Gasteiger partial charge in [0.15, 0.2) is 0 Å². The topological polar surface area (TPSA) is 97.3 Å². The number of nitrogens with one attached hydrogen (secondary N) is 2. The minimum Gasteiger partial charge on any atom is -0.347 e. The number of rotatable bonds is 6. The average Bonchev–Trinajstić information content (AvgIpc) is 3.07. The summed E-state index contributed by atoms with van der Waals surface area (Å²) < 4.78 is 31.1. The fourth-order valence-electron chi connectivity index (χ4n) is 3.51. The largest absolute Gasteiger partial charge is 0.347 e. The van der Waals surface area contributed by atoms with Gasteiger partial charge in [0.2, 0.25) is 0 Å². The minimum absolute atomic E-state index is 0.0131. The second-order valence-electron chi connectivity index (χ2n) is 8.92. The number of amides is 1. The van der Waals surface area contributed by atoms with E-state index in [1.54, 1.807) is 34.9 Å². The monoisotopic (exact) mass is 495 g/mol. The number of para-hydroxylation sites is 1. The van der Waals surface area contributed by atoms with Crippen molar-refractivity contribution >= 4 is 43.2 Å². The Bertz CT molecular complexity index is 1520. The molecule has 1 aromatic heterocycles. The Morgan fingerprint density at radius 2 is 1.65 bits per heavy atom. The molecular weight excluding hydrogens is 470 g/mol. The van der Waals surface area contributed by atoms with Crippen LogP contribution in [0.5, 0.6) is 0 Å². The number of carbonyl (C=O) groups excluding carboxylic acids is 1. The number of hydrogen-bond donors (Lipinski definition) is 2. The molecule has 7 nitrogen and oxygen atoms in total. The zero-order chi connectivity index (χ0) is 24.5. The van der Waals surface area contributed by atoms with Gasteiger partial charge in [-0.1, -0.05) is 53.8 Å². The second kappa shape index (κ2) is 9.08. The van der Waals surface area contributed by atoms with Crippen molar-refractivity contribution in [2.75, 3.05) is 4.72 Å². The molecule has 0 aliphatic carbocycles. The zero-order valence-corrected chi connectivity index (χ0v) is 20.7. The van der Waals surface area contributed by atoms with E-state index in [0.29, 0.717) is 16.8 Å². The zero-order valence-electron chi connectivity index (χ0n) is 19.0. The summed E-state index contributed by atoms with van der Waals surface area (Å²) in [5.41, 5.74) is 1.58. The lowest BCUT2D eigenvalue weighted by atomic mass is 10.1. The number of benzene rings is 3. The Morgan fingerprint density at radius 1 is 0.971 bits per heavy atom. The standard InChI is InChI=1S/C25H25N3O4S2/c1-25(2,3)26-23(29)19-11-7-8-12-20(19)27-34(31,32)18-13-14-21-22(15-18)33-24(30)28(21)16-17-9-5-4-6-10-17/h4-15,27H,16H2,1-3H3,(H,26,29). The molecule has 3 aromatic carbocycles. The summed E-state index contributed by atoms with van der Waals surface area (Å²) in [5.74, 6) is -0.377. The Hall–Kier alpha value is -3.43. The molecule has 0 bridgehead atoms. The van der Waals surface area contributed by atoms with E-state index in [4.69, 9.17) is 0 Å². The van der Waals surface area contributed by atoms with Crippen molar-refractivity contribution in [3.63, 3.8) is 0 Å². The maximum Gasteiger partial charge on any atom is 0.308 e. The van der Waals surface area contributed by atoms with E-state index in [2.05, 4.69) is 10.0 Å². The van der Waals surface area contributed by atoms with Crippen molar-refractivity contribution in [1.29, 1.82) is 0 Å². The molecule has 34 heavy (non-hydrogen) atoms. The van der Waals surface area contributed by atoms with Gasteiger partial charge in [0.1, 0.15) is 0 Å². The van der Waals surface area contributed by atoms with E-state index in [1.165, 1.54) is 12.1 Å². The van der Waals surface area contributed by atoms with E-state index < -0.39 is 15.6 Å². The Balaban J connectivity index is 1.65. The first-order chi connectivity index (χ1) is 16.0. The van der Waals surface area contributed by atoms with E-state index in [9.17, 15) is 18.0 Å². The third kappa shape index (κ3) is 5.21. The van der Waals surface area contributed by atoms with Crippen LogP contribution in [0.4, 0.5) is 5.69 Å². The minimum atomic E-state index is -4.00. The molecule has 0 saturated carbocycles. The molecule has 0 atom stereocenters. The smallest absolute Gasteiger partial charge is 0.308 e. The summed E-state index contributed by atoms with van der Waals surface area (Å²) in [5, 5.41) is 2.84. The van der Waals surface area contributed by atoms with Crippen LogP contribution >= 0.6 is 11.3 Å². The van der Waals surface area contributed by atoms with Crippen molar-refractivity contribution < 1.29 is 13.2 Å². The predicted molar refractivity (Wildman–Crippen MR) is 136 cm³/mol. The molecule has 0 saturated heterocycles. The van der Waals surface area contributed by atoms with Crippen LogP contribution in [0.1, 0.15) is 36.7 Å². The molecule has 0 aliphatic heterocycles. The third-order valence-electron chi connectivity index (χ3n) is 5.04. The van der Waals surface area contributed by atoms with Crippen molar-refractivity contribution in [3.8, 4) is 0 Å². The molecule has 4 aromatic rings. The number of hydrogen-bond acceptors (Lipinski definition) is 5. The molecule has 1 amide bonds. The van der Waals surface area contributed by atoms with Gasteiger partial charge in [-0.3, -0.25) is 18.9 Å². The first-order valence-electron chi connectivity index (χ1n) is 10.7. The van der Waals surface area contributed by atoms with Crippen LogP contribution in [0.2, 0.25) is 0 Å². The van der Waals surface area contributed by atoms with Gasteiger partial charge in [-0.15, -0.1) is 0 Å². The van der Waals surface area contributed by atoms with Gasteiger partial charge in [-0.2, -0.15) is 0 Å². The van der Waals surface area contributed by atoms with E-state index in [1.807, 2.05) is 51.1 Å². The molecule has 1 heterocycles. The summed E-state index contributed by atoms with van der Waals surface area (Å²) in [6.07, 6.45) is 0. The number of carbonyl (C=O) groups is 1. The van der Waals surface area contributed by atoms with Gasteiger partial charge in [0, 0.05) is 5.54 Å². The molecule has 9 heteroatoms. The second-order valence-corrected chi connectivity index (χ2v) is 11.6. The number of sulfonamides is 1. The number of nitrogens with zero attached hydrogens (tertiary/aromatic N) is 1. The first kappa shape index (κ1) is 23.7. The highest BCUT2D eigenvalue weighted by atomic mass is 32.2. The Morgan fingerprint density at radius 3 is 2.35 bits per heavy atom. The van der Waals surface area contributed by atoms with Crippen molar-refractivity contribution in [2.45, 2.75) is 37.8 Å². The molecule has 0 unspecified atom stereocenters. The first-order valence-corrected chi connectivity index (χ1v) is 13.0. The van der Waals surface area contributed by atoms with Crippen LogP contribution in [0.15, 0.2) is 82.5 Å². The normalized spacial score (nSPS) is 12.0. The molecule has 2 N–H and O–H groups in total. The molecule has 4 rings (SSSR count). The van der Waals surface area contributed by atoms with Gasteiger partial charge in [-0.25, -0.2) is 8.42 Å². The highest BCUT2D eigenvalue weighted by Gasteiger charge is 2.22. The number of aromatic nitrogens is 1. The molecule has 0 spiro atoms. The maximum atomic E-state index is 13.2. The molecule has 0 radical (unpaired) electrons. The van der Waals surface area contributed by atoms with Gasteiger partial charge in [0.05, 0.1) is 32.9 Å². The van der Waals surface area contributed by atoms with Gasteiger partial charge in [0.25, 0.3) is 15.9 Å². The quantitative estimate of drug-likeness (QED) is 0.413. The number of fused-ring (bicyclic) bond motifs is 1. The summed E-state index contributed by atoms with van der Waals surface area (Å²) in [4.78, 5) is 25.1. The lowest BCUT2D eigenvalue weighted by molar-refractivity contribution is 0.0920. The molecule has 0 aliphatic rings. The summed E-state index contributed by atoms with van der Waals surface area (Å²) >= 11 is 1.00. The van der Waals surface area contributed by atoms with Gasteiger partial charge >= 0.3 is 4.87 Å². The van der Waals surface area contributed by atoms with Crippen molar-refractivity contribution in [2.24, 2.45) is 0 Å².